The molecule has 0 aromatic heterocycles. The van der Waals surface area contributed by atoms with E-state index in [1.807, 2.05) is 0 Å². The van der Waals surface area contributed by atoms with E-state index in [1.54, 1.807) is 5.57 Å². The van der Waals surface area contributed by atoms with Crippen LogP contribution in [0.3, 0.4) is 0 Å². The molecule has 182 valence electrons. The molecule has 32 heavy (non-hydrogen) atoms. The Hall–Kier alpha value is -0.413. The van der Waals surface area contributed by atoms with E-state index in [2.05, 4.69) is 60.7 Å². The fourth-order valence-electron chi connectivity index (χ4n) is 8.12. The van der Waals surface area contributed by atoms with Crippen LogP contribution in [0.15, 0.2) is 11.6 Å². The van der Waals surface area contributed by atoms with E-state index in [9.17, 15) is 4.79 Å². The van der Waals surface area contributed by atoms with Crippen molar-refractivity contribution in [2.45, 2.75) is 130 Å². The summed E-state index contributed by atoms with van der Waals surface area (Å²) in [5, 5.41) is 0.274. The largest absolute Gasteiger partial charge is 0.414 e. The Morgan fingerprint density at radius 1 is 1.09 bits per heavy atom. The van der Waals surface area contributed by atoms with Crippen molar-refractivity contribution in [1.29, 1.82) is 0 Å². The van der Waals surface area contributed by atoms with Gasteiger partial charge in [-0.3, -0.25) is 4.79 Å². The lowest BCUT2D eigenvalue weighted by Crippen LogP contribution is -2.52. The Morgan fingerprint density at radius 3 is 2.44 bits per heavy atom. The van der Waals surface area contributed by atoms with Crippen molar-refractivity contribution in [3.05, 3.63) is 11.6 Å². The van der Waals surface area contributed by atoms with Crippen LogP contribution in [0.4, 0.5) is 0 Å². The highest BCUT2D eigenvalue weighted by Crippen LogP contribution is 2.66. The van der Waals surface area contributed by atoms with Crippen LogP contribution in [0.5, 0.6) is 0 Å². The average molecular weight is 459 g/mol. The molecule has 0 saturated heterocycles. The van der Waals surface area contributed by atoms with Crippen molar-refractivity contribution in [2.75, 3.05) is 0 Å². The molecule has 3 saturated carbocycles. The van der Waals surface area contributed by atoms with Crippen LogP contribution in [-0.4, -0.2) is 20.2 Å². The second kappa shape index (κ2) is 8.36. The Bertz CT molecular complexity index is 762. The summed E-state index contributed by atoms with van der Waals surface area (Å²) >= 11 is 0. The fourth-order valence-corrected chi connectivity index (χ4v) is 9.50. The zero-order valence-electron chi connectivity index (χ0n) is 22.4. The molecule has 2 nitrogen and oxygen atoms in total. The third-order valence-corrected chi connectivity index (χ3v) is 15.6. The lowest BCUT2D eigenvalue weighted by atomic mass is 9.47. The number of hydrogen-bond donors (Lipinski definition) is 0. The van der Waals surface area contributed by atoms with Crippen LogP contribution in [0.1, 0.15) is 106 Å². The van der Waals surface area contributed by atoms with Gasteiger partial charge in [-0.25, -0.2) is 0 Å². The van der Waals surface area contributed by atoms with Gasteiger partial charge in [0.1, 0.15) is 5.78 Å². The molecule has 0 aromatic carbocycles. The van der Waals surface area contributed by atoms with Crippen molar-refractivity contribution in [3.63, 3.8) is 0 Å². The normalized spacial score (nSPS) is 42.2. The number of unbranched alkanes of at least 4 members (excludes halogenated alkanes) is 1. The summed E-state index contributed by atoms with van der Waals surface area (Å²) in [5.41, 5.74) is 1.99. The number of carbonyl (C=O) groups excluding carboxylic acids is 1. The molecule has 3 heteroatoms. The van der Waals surface area contributed by atoms with Crippen LogP contribution in [0.25, 0.3) is 0 Å². The Kier molecular flexibility index (Phi) is 6.46. The van der Waals surface area contributed by atoms with Crippen molar-refractivity contribution in [2.24, 2.45) is 34.5 Å². The van der Waals surface area contributed by atoms with Gasteiger partial charge >= 0.3 is 0 Å². The first-order valence-corrected chi connectivity index (χ1v) is 16.6. The van der Waals surface area contributed by atoms with Gasteiger partial charge in [0.2, 0.25) is 0 Å². The zero-order valence-corrected chi connectivity index (χ0v) is 23.4. The highest BCUT2D eigenvalue weighted by Gasteiger charge is 2.61. The van der Waals surface area contributed by atoms with E-state index in [-0.39, 0.29) is 10.5 Å². The molecule has 0 heterocycles. The monoisotopic (exact) mass is 458 g/mol. The highest BCUT2D eigenvalue weighted by atomic mass is 28.4. The van der Waals surface area contributed by atoms with Gasteiger partial charge in [-0.2, -0.15) is 0 Å². The van der Waals surface area contributed by atoms with Gasteiger partial charge < -0.3 is 4.43 Å². The third kappa shape index (κ3) is 3.92. The van der Waals surface area contributed by atoms with Gasteiger partial charge in [0, 0.05) is 17.9 Å². The molecular weight excluding hydrogens is 408 g/mol. The van der Waals surface area contributed by atoms with E-state index in [0.29, 0.717) is 35.1 Å². The topological polar surface area (TPSA) is 26.3 Å². The molecule has 4 aliphatic carbocycles. The maximum atomic E-state index is 13.2. The molecule has 0 N–H and O–H groups in total. The van der Waals surface area contributed by atoms with Gasteiger partial charge in [0.25, 0.3) is 0 Å². The van der Waals surface area contributed by atoms with E-state index in [1.165, 1.54) is 44.9 Å². The van der Waals surface area contributed by atoms with Crippen molar-refractivity contribution >= 4 is 14.1 Å². The quantitative estimate of drug-likeness (QED) is 0.306. The lowest BCUT2D eigenvalue weighted by Gasteiger charge is -2.58. The third-order valence-electron chi connectivity index (χ3n) is 11.1. The minimum Gasteiger partial charge on any atom is -0.414 e. The van der Waals surface area contributed by atoms with Crippen molar-refractivity contribution in [1.82, 2.24) is 0 Å². The van der Waals surface area contributed by atoms with Gasteiger partial charge in [0.05, 0.1) is 0 Å². The molecule has 0 radical (unpaired) electrons. The SMILES string of the molecule is CCCCC1CC(=O)[C@@]2(C)CC[C@@H]3[C@@H](CC=C4CC(O[Si](C)(C)C(C)(C)C)CC[C@@]43C)[C@H]12. The lowest BCUT2D eigenvalue weighted by molar-refractivity contribution is -0.132. The van der Waals surface area contributed by atoms with Crippen molar-refractivity contribution < 1.29 is 9.22 Å². The number of hydrogen-bond acceptors (Lipinski definition) is 2. The summed E-state index contributed by atoms with van der Waals surface area (Å²) in [6, 6.07) is 0. The molecular formula is C29H50O2Si. The summed E-state index contributed by atoms with van der Waals surface area (Å²) < 4.78 is 6.89. The van der Waals surface area contributed by atoms with Gasteiger partial charge in [-0.05, 0) is 92.2 Å². The number of ketones is 1. The number of fused-ring (bicyclic) bond motifs is 5. The number of allylic oxidation sites excluding steroid dienone is 1. The van der Waals surface area contributed by atoms with Crippen LogP contribution >= 0.6 is 0 Å². The molecule has 7 atom stereocenters. The van der Waals surface area contributed by atoms with E-state index < -0.39 is 8.32 Å². The standard InChI is InChI=1S/C29H50O2Si/c1-9-10-11-20-18-25(30)29(6)17-15-24-23(26(20)29)13-12-21-19-22(14-16-28(21,24)5)31-32(7,8)27(2,3)4/h12,20,22-24,26H,9-11,13-19H2,1-8H3/t20?,22?,23-,24-,26+,28+,29-/m1/s1. The Balaban J connectivity index is 1.56. The van der Waals surface area contributed by atoms with Gasteiger partial charge in [-0.15, -0.1) is 0 Å². The second-order valence-corrected chi connectivity index (χ2v) is 18.7. The first-order chi connectivity index (χ1) is 14.8. The predicted molar refractivity (Wildman–Crippen MR) is 137 cm³/mol. The van der Waals surface area contributed by atoms with E-state index >= 15 is 0 Å². The van der Waals surface area contributed by atoms with Crippen LogP contribution in [0, 0.1) is 34.5 Å². The molecule has 3 fully saturated rings. The van der Waals surface area contributed by atoms with Gasteiger partial charge in [0.15, 0.2) is 8.32 Å². The summed E-state index contributed by atoms with van der Waals surface area (Å²) in [6.07, 6.45) is 14.9. The first kappa shape index (κ1) is 24.7. The minimum atomic E-state index is -1.73. The number of Topliss-reactive ketones (excluding diaryl/α,β-unsaturated/α-hetero) is 1. The molecule has 4 rings (SSSR count). The zero-order chi connectivity index (χ0) is 23.5. The molecule has 0 amide bonds. The summed E-state index contributed by atoms with van der Waals surface area (Å²) in [4.78, 5) is 13.2. The van der Waals surface area contributed by atoms with E-state index in [4.69, 9.17) is 4.43 Å². The summed E-state index contributed by atoms with van der Waals surface area (Å²) in [6.45, 7) is 19.1. The van der Waals surface area contributed by atoms with Crippen molar-refractivity contribution in [3.8, 4) is 0 Å². The molecule has 0 bridgehead atoms. The Labute approximate surface area is 199 Å². The highest BCUT2D eigenvalue weighted by molar-refractivity contribution is 6.74. The maximum absolute atomic E-state index is 13.2. The molecule has 0 aromatic rings. The van der Waals surface area contributed by atoms with Crippen LogP contribution in [-0.2, 0) is 9.22 Å². The first-order valence-electron chi connectivity index (χ1n) is 13.7. The number of carbonyl (C=O) groups is 1. The predicted octanol–water partition coefficient (Wildman–Crippen LogP) is 8.33. The summed E-state index contributed by atoms with van der Waals surface area (Å²) in [5.74, 6) is 3.33. The summed E-state index contributed by atoms with van der Waals surface area (Å²) in [7, 11) is -1.73. The van der Waals surface area contributed by atoms with Crippen LogP contribution < -0.4 is 0 Å². The smallest absolute Gasteiger partial charge is 0.192 e. The fraction of sp³-hybridized carbons (Fsp3) is 0.897. The van der Waals surface area contributed by atoms with Gasteiger partial charge in [-0.1, -0.05) is 66.0 Å². The van der Waals surface area contributed by atoms with E-state index in [0.717, 1.165) is 25.2 Å². The minimum absolute atomic E-state index is 0.0378. The molecule has 4 aliphatic rings. The van der Waals surface area contributed by atoms with Crippen LogP contribution in [0.2, 0.25) is 18.1 Å². The average Bonchev–Trinajstić information content (AvgIpc) is 2.96. The number of rotatable bonds is 5. The molecule has 0 aliphatic heterocycles. The Morgan fingerprint density at radius 2 is 1.78 bits per heavy atom. The second-order valence-electron chi connectivity index (χ2n) is 13.9. The maximum Gasteiger partial charge on any atom is 0.192 e. The molecule has 0 spiro atoms. The molecule has 2 unspecified atom stereocenters.